The van der Waals surface area contributed by atoms with E-state index in [0.717, 1.165) is 62.5 Å². The van der Waals surface area contributed by atoms with Crippen molar-refractivity contribution in [2.45, 2.75) is 46.2 Å². The predicted octanol–water partition coefficient (Wildman–Crippen LogP) is 2.76. The van der Waals surface area contributed by atoms with Gasteiger partial charge >= 0.3 is 0 Å². The number of aliphatic hydroxyl groups is 1. The summed E-state index contributed by atoms with van der Waals surface area (Å²) in [6, 6.07) is 0. The third-order valence-corrected chi connectivity index (χ3v) is 6.90. The van der Waals surface area contributed by atoms with E-state index < -0.39 is 0 Å². The number of amides is 1. The number of carbonyl (C=O) groups excluding carboxylic acids is 1. The molecule has 0 saturated carbocycles. The predicted molar refractivity (Wildman–Crippen MR) is 104 cm³/mol. The Kier molecular flexibility index (Phi) is 5.34. The summed E-state index contributed by atoms with van der Waals surface area (Å²) in [5, 5.41) is 15.5. The quantitative estimate of drug-likeness (QED) is 0.871. The van der Waals surface area contributed by atoms with E-state index in [-0.39, 0.29) is 18.4 Å². The molecule has 1 saturated heterocycles. The Hall–Kier alpha value is -1.70. The third-order valence-electron chi connectivity index (χ3n) is 5.88. The molecule has 1 atom stereocenters. The summed E-state index contributed by atoms with van der Waals surface area (Å²) in [6.45, 7) is 8.25. The minimum absolute atomic E-state index is 0.143. The number of rotatable bonds is 4. The molecule has 2 aromatic rings. The zero-order valence-electron chi connectivity index (χ0n) is 16.0. The molecule has 0 spiro atoms. The maximum absolute atomic E-state index is 13.0. The molecule has 4 heterocycles. The molecular weight excluding hydrogens is 362 g/mol. The first kappa shape index (κ1) is 18.7. The van der Waals surface area contributed by atoms with Gasteiger partial charge in [0, 0.05) is 55.2 Å². The number of aromatic nitrogens is 1. The Morgan fingerprint density at radius 1 is 1.41 bits per heavy atom. The van der Waals surface area contributed by atoms with E-state index in [1.54, 1.807) is 11.3 Å². The van der Waals surface area contributed by atoms with Gasteiger partial charge in [-0.25, -0.2) is 0 Å². The van der Waals surface area contributed by atoms with Crippen LogP contribution in [0.1, 0.15) is 50.7 Å². The molecule has 6 nitrogen and oxygen atoms in total. The monoisotopic (exact) mass is 389 g/mol. The van der Waals surface area contributed by atoms with Gasteiger partial charge in [0.2, 0.25) is 0 Å². The number of fused-ring (bicyclic) bond motifs is 1. The molecule has 7 heteroatoms. The lowest BCUT2D eigenvalue weighted by Crippen LogP contribution is -2.41. The van der Waals surface area contributed by atoms with E-state index in [2.05, 4.69) is 10.1 Å². The standard InChI is InChI=1S/C20H27N3O3S/c1-13-17(14(2)26-21-13)9-22-7-5-16-18(12-27-19(16)10-22)20(25)23-6-3-4-15(8-23)11-24/h12,15,24H,3-11H2,1-2H3/t15-/m1/s1. The van der Waals surface area contributed by atoms with Gasteiger partial charge in [-0.05, 0) is 44.6 Å². The van der Waals surface area contributed by atoms with E-state index in [0.29, 0.717) is 6.54 Å². The highest BCUT2D eigenvalue weighted by atomic mass is 32.1. The van der Waals surface area contributed by atoms with Crippen LogP contribution in [0.25, 0.3) is 0 Å². The van der Waals surface area contributed by atoms with Crippen LogP contribution in [-0.2, 0) is 19.5 Å². The number of likely N-dealkylation sites (tertiary alicyclic amines) is 1. The van der Waals surface area contributed by atoms with Gasteiger partial charge in [0.25, 0.3) is 5.91 Å². The molecule has 27 heavy (non-hydrogen) atoms. The Morgan fingerprint density at radius 3 is 3.00 bits per heavy atom. The first-order valence-electron chi connectivity index (χ1n) is 9.70. The van der Waals surface area contributed by atoms with Crippen molar-refractivity contribution in [1.82, 2.24) is 15.0 Å². The largest absolute Gasteiger partial charge is 0.396 e. The van der Waals surface area contributed by atoms with Crippen LogP contribution in [0, 0.1) is 19.8 Å². The average Bonchev–Trinajstić information content (AvgIpc) is 3.25. The van der Waals surface area contributed by atoms with Gasteiger partial charge in [0.05, 0.1) is 11.3 Å². The molecule has 146 valence electrons. The molecule has 4 rings (SSSR count). The second kappa shape index (κ2) is 7.73. The second-order valence-corrected chi connectivity index (χ2v) is 8.72. The van der Waals surface area contributed by atoms with Gasteiger partial charge < -0.3 is 14.5 Å². The van der Waals surface area contributed by atoms with Crippen LogP contribution in [0.15, 0.2) is 9.90 Å². The van der Waals surface area contributed by atoms with Gasteiger partial charge in [0.1, 0.15) is 5.76 Å². The summed E-state index contributed by atoms with van der Waals surface area (Å²) in [6.07, 6.45) is 2.90. The normalized spacial score (nSPS) is 20.7. The number of hydrogen-bond acceptors (Lipinski definition) is 6. The SMILES string of the molecule is Cc1noc(C)c1CN1CCc2c(C(=O)N3CCC[C@@H](CO)C3)csc2C1. The Morgan fingerprint density at radius 2 is 2.26 bits per heavy atom. The van der Waals surface area contributed by atoms with E-state index in [1.165, 1.54) is 16.0 Å². The number of nitrogens with zero attached hydrogens (tertiary/aromatic N) is 3. The van der Waals surface area contributed by atoms with Crippen molar-refractivity contribution in [3.05, 3.63) is 38.4 Å². The molecule has 1 fully saturated rings. The molecule has 0 unspecified atom stereocenters. The molecule has 1 amide bonds. The molecule has 2 aliphatic rings. The van der Waals surface area contributed by atoms with Crippen LogP contribution in [-0.4, -0.2) is 52.2 Å². The molecule has 2 aliphatic heterocycles. The zero-order valence-corrected chi connectivity index (χ0v) is 16.8. The van der Waals surface area contributed by atoms with Gasteiger partial charge in [-0.1, -0.05) is 5.16 Å². The second-order valence-electron chi connectivity index (χ2n) is 7.76. The topological polar surface area (TPSA) is 69.8 Å². The van der Waals surface area contributed by atoms with Crippen molar-refractivity contribution < 1.29 is 14.4 Å². The van der Waals surface area contributed by atoms with Crippen LogP contribution < -0.4 is 0 Å². The van der Waals surface area contributed by atoms with Crippen molar-refractivity contribution in [3.63, 3.8) is 0 Å². The van der Waals surface area contributed by atoms with Crippen LogP contribution in [0.3, 0.4) is 0 Å². The summed E-state index contributed by atoms with van der Waals surface area (Å²) >= 11 is 1.70. The van der Waals surface area contributed by atoms with Gasteiger partial charge in [0.15, 0.2) is 0 Å². The lowest BCUT2D eigenvalue weighted by Gasteiger charge is -2.32. The van der Waals surface area contributed by atoms with Crippen LogP contribution in [0.5, 0.6) is 0 Å². The molecule has 2 aromatic heterocycles. The Labute approximate surface area is 163 Å². The molecule has 1 N–H and O–H groups in total. The number of carbonyl (C=O) groups is 1. The maximum atomic E-state index is 13.0. The van der Waals surface area contributed by atoms with Gasteiger partial charge in [-0.15, -0.1) is 11.3 Å². The summed E-state index contributed by atoms with van der Waals surface area (Å²) in [4.78, 5) is 18.7. The van der Waals surface area contributed by atoms with Crippen molar-refractivity contribution in [2.75, 3.05) is 26.2 Å². The highest BCUT2D eigenvalue weighted by Crippen LogP contribution is 2.31. The zero-order chi connectivity index (χ0) is 19.0. The smallest absolute Gasteiger partial charge is 0.254 e. The fourth-order valence-electron chi connectivity index (χ4n) is 4.22. The van der Waals surface area contributed by atoms with Gasteiger partial charge in [-0.2, -0.15) is 0 Å². The Bertz CT molecular complexity index is 809. The minimum Gasteiger partial charge on any atom is -0.396 e. The number of piperidine rings is 1. The number of thiophene rings is 1. The molecule has 0 aromatic carbocycles. The first-order valence-corrected chi connectivity index (χ1v) is 10.6. The summed E-state index contributed by atoms with van der Waals surface area (Å²) in [7, 11) is 0. The fourth-order valence-corrected chi connectivity index (χ4v) is 5.33. The van der Waals surface area contributed by atoms with Crippen LogP contribution in [0.2, 0.25) is 0 Å². The summed E-state index contributed by atoms with van der Waals surface area (Å²) in [5.41, 5.74) is 4.25. The fraction of sp³-hybridized carbons (Fsp3) is 0.600. The summed E-state index contributed by atoms with van der Waals surface area (Å²) < 4.78 is 5.28. The highest BCUT2D eigenvalue weighted by Gasteiger charge is 2.29. The minimum atomic E-state index is 0.143. The summed E-state index contributed by atoms with van der Waals surface area (Å²) in [5.74, 6) is 1.26. The maximum Gasteiger partial charge on any atom is 0.254 e. The van der Waals surface area contributed by atoms with E-state index >= 15 is 0 Å². The number of aryl methyl sites for hydroxylation is 2. The third kappa shape index (κ3) is 3.68. The molecular formula is C20H27N3O3S. The van der Waals surface area contributed by atoms with Crippen molar-refractivity contribution in [2.24, 2.45) is 5.92 Å². The lowest BCUT2D eigenvalue weighted by molar-refractivity contribution is 0.0619. The van der Waals surface area contributed by atoms with Crippen molar-refractivity contribution in [3.8, 4) is 0 Å². The van der Waals surface area contributed by atoms with Crippen molar-refractivity contribution in [1.29, 1.82) is 0 Å². The first-order chi connectivity index (χ1) is 13.1. The lowest BCUT2D eigenvalue weighted by atomic mass is 9.97. The Balaban J connectivity index is 1.46. The van der Waals surface area contributed by atoms with E-state index in [4.69, 9.17) is 4.52 Å². The van der Waals surface area contributed by atoms with Crippen molar-refractivity contribution >= 4 is 17.2 Å². The average molecular weight is 390 g/mol. The highest BCUT2D eigenvalue weighted by molar-refractivity contribution is 7.10. The van der Waals surface area contributed by atoms with Gasteiger partial charge in [-0.3, -0.25) is 9.69 Å². The van der Waals surface area contributed by atoms with Crippen LogP contribution in [0.4, 0.5) is 0 Å². The molecule has 0 radical (unpaired) electrons. The van der Waals surface area contributed by atoms with E-state index in [9.17, 15) is 9.90 Å². The molecule has 0 aliphatic carbocycles. The number of hydrogen-bond donors (Lipinski definition) is 1. The van der Waals surface area contributed by atoms with Crippen LogP contribution >= 0.6 is 11.3 Å². The number of aliphatic hydroxyl groups excluding tert-OH is 1. The van der Waals surface area contributed by atoms with E-state index in [1.807, 2.05) is 24.1 Å². The molecule has 0 bridgehead atoms.